The Hall–Kier alpha value is -1.49. The highest BCUT2D eigenvalue weighted by atomic mass is 79.9. The van der Waals surface area contributed by atoms with Crippen LogP contribution < -0.4 is 5.32 Å². The van der Waals surface area contributed by atoms with Gasteiger partial charge in [-0.1, -0.05) is 42.8 Å². The third-order valence-corrected chi connectivity index (χ3v) is 3.95. The number of alkyl halides is 1. The van der Waals surface area contributed by atoms with Crippen molar-refractivity contribution in [2.45, 2.75) is 33.2 Å². The Labute approximate surface area is 133 Å². The summed E-state index contributed by atoms with van der Waals surface area (Å²) in [4.78, 5) is 21.1. The highest BCUT2D eigenvalue weighted by Gasteiger charge is 2.26. The molecule has 4 nitrogen and oxygen atoms in total. The number of nitrogens with zero attached hydrogens (tertiary/aromatic N) is 2. The maximum absolute atomic E-state index is 12.6. The van der Waals surface area contributed by atoms with Crippen LogP contribution in [0.3, 0.4) is 0 Å². The average molecular weight is 350 g/mol. The van der Waals surface area contributed by atoms with Gasteiger partial charge in [0.05, 0.1) is 11.1 Å². The highest BCUT2D eigenvalue weighted by molar-refractivity contribution is 9.09. The van der Waals surface area contributed by atoms with Gasteiger partial charge in [0.1, 0.15) is 5.52 Å². The van der Waals surface area contributed by atoms with Crippen molar-refractivity contribution in [3.8, 4) is 0 Å². The van der Waals surface area contributed by atoms with Crippen LogP contribution in [0.1, 0.15) is 37.6 Å². The summed E-state index contributed by atoms with van der Waals surface area (Å²) in [6, 6.07) is 5.58. The number of fused-ring (bicyclic) bond motifs is 1. The lowest BCUT2D eigenvalue weighted by atomic mass is 9.85. The van der Waals surface area contributed by atoms with Crippen molar-refractivity contribution < 1.29 is 4.79 Å². The number of hydrogen-bond acceptors (Lipinski definition) is 3. The van der Waals surface area contributed by atoms with Gasteiger partial charge in [-0.2, -0.15) is 0 Å². The molecule has 2 rings (SSSR count). The molecule has 1 amide bonds. The highest BCUT2D eigenvalue weighted by Crippen LogP contribution is 2.23. The van der Waals surface area contributed by atoms with E-state index in [9.17, 15) is 4.79 Å². The van der Waals surface area contributed by atoms with Gasteiger partial charge in [0.2, 0.25) is 0 Å². The number of amides is 1. The summed E-state index contributed by atoms with van der Waals surface area (Å²) in [6.45, 7) is 6.39. The smallest absolute Gasteiger partial charge is 0.253 e. The van der Waals surface area contributed by atoms with E-state index in [0.717, 1.165) is 17.3 Å². The molecule has 0 saturated heterocycles. The Kier molecular flexibility index (Phi) is 4.93. The molecule has 0 saturated carbocycles. The molecule has 2 aromatic rings. The lowest BCUT2D eigenvalue weighted by Crippen LogP contribution is -2.44. The first kappa shape index (κ1) is 15.9. The van der Waals surface area contributed by atoms with Crippen LogP contribution in [0.15, 0.2) is 30.6 Å². The molecule has 1 heterocycles. The van der Waals surface area contributed by atoms with Gasteiger partial charge in [-0.3, -0.25) is 14.8 Å². The molecular formula is C16H20BrN3O. The van der Waals surface area contributed by atoms with E-state index in [1.807, 2.05) is 12.1 Å². The molecule has 1 atom stereocenters. The summed E-state index contributed by atoms with van der Waals surface area (Å²) in [5.41, 5.74) is 1.95. The van der Waals surface area contributed by atoms with E-state index in [1.165, 1.54) is 0 Å². The normalized spacial score (nSPS) is 13.1. The van der Waals surface area contributed by atoms with Crippen LogP contribution in [-0.4, -0.2) is 27.2 Å². The fourth-order valence-electron chi connectivity index (χ4n) is 2.24. The molecule has 0 spiro atoms. The number of hydrogen-bond donors (Lipinski definition) is 1. The third-order valence-electron chi connectivity index (χ3n) is 3.49. The largest absolute Gasteiger partial charge is 0.349 e. The zero-order valence-corrected chi connectivity index (χ0v) is 14.1. The lowest BCUT2D eigenvalue weighted by Gasteiger charge is -2.31. The molecule has 0 aliphatic heterocycles. The van der Waals surface area contributed by atoms with Crippen LogP contribution in [0, 0.1) is 5.41 Å². The molecule has 0 aliphatic rings. The number of carbonyl (C=O) groups is 1. The Morgan fingerprint density at radius 3 is 2.67 bits per heavy atom. The van der Waals surface area contributed by atoms with Crippen LogP contribution in [0.4, 0.5) is 0 Å². The minimum absolute atomic E-state index is 0.000305. The fraction of sp³-hybridized carbons (Fsp3) is 0.438. The molecule has 0 aliphatic carbocycles. The molecule has 1 unspecified atom stereocenters. The van der Waals surface area contributed by atoms with Crippen LogP contribution in [-0.2, 0) is 0 Å². The van der Waals surface area contributed by atoms with Crippen molar-refractivity contribution in [3.05, 3.63) is 36.2 Å². The molecule has 112 valence electrons. The third kappa shape index (κ3) is 3.79. The zero-order valence-electron chi connectivity index (χ0n) is 12.6. The van der Waals surface area contributed by atoms with Gasteiger partial charge < -0.3 is 5.32 Å². The number of halogens is 1. The predicted octanol–water partition coefficient (Wildman–Crippen LogP) is 3.56. The number of benzene rings is 1. The molecular weight excluding hydrogens is 330 g/mol. The van der Waals surface area contributed by atoms with Crippen molar-refractivity contribution in [3.63, 3.8) is 0 Å². The van der Waals surface area contributed by atoms with Crippen molar-refractivity contribution >= 4 is 32.9 Å². The molecule has 5 heteroatoms. The Balaban J connectivity index is 2.30. The van der Waals surface area contributed by atoms with E-state index < -0.39 is 0 Å². The Bertz CT molecular complexity index is 631. The standard InChI is InChI=1S/C16H20BrN3O/c1-16(2,3)13(7-8-17)20-15(21)11-5-4-6-12-14(11)19-10-9-18-12/h4-6,9-10,13H,7-8H2,1-3H3,(H,20,21). The summed E-state index contributed by atoms with van der Waals surface area (Å²) < 4.78 is 0. The van der Waals surface area contributed by atoms with E-state index in [0.29, 0.717) is 11.1 Å². The van der Waals surface area contributed by atoms with Gasteiger partial charge in [-0.25, -0.2) is 0 Å². The summed E-state index contributed by atoms with van der Waals surface area (Å²) in [7, 11) is 0. The van der Waals surface area contributed by atoms with Gasteiger partial charge in [-0.15, -0.1) is 0 Å². The van der Waals surface area contributed by atoms with Gasteiger partial charge in [0, 0.05) is 23.8 Å². The quantitative estimate of drug-likeness (QED) is 0.858. The number of rotatable bonds is 4. The van der Waals surface area contributed by atoms with Crippen LogP contribution in [0.2, 0.25) is 0 Å². The zero-order chi connectivity index (χ0) is 15.5. The number of nitrogens with one attached hydrogen (secondary N) is 1. The SMILES string of the molecule is CC(C)(C)C(CCBr)NC(=O)c1cccc2nccnc12. The number of carbonyl (C=O) groups excluding carboxylic acids is 1. The Morgan fingerprint density at radius 2 is 2.00 bits per heavy atom. The first-order valence-corrected chi connectivity index (χ1v) is 8.12. The molecule has 0 bridgehead atoms. The van der Waals surface area contributed by atoms with Gasteiger partial charge in [-0.05, 0) is 24.0 Å². The number of para-hydroxylation sites is 1. The van der Waals surface area contributed by atoms with E-state index in [1.54, 1.807) is 18.5 Å². The topological polar surface area (TPSA) is 54.9 Å². The van der Waals surface area contributed by atoms with E-state index in [2.05, 4.69) is 52.0 Å². The molecule has 0 radical (unpaired) electrons. The van der Waals surface area contributed by atoms with Crippen molar-refractivity contribution in [1.82, 2.24) is 15.3 Å². The second-order valence-electron chi connectivity index (χ2n) is 6.10. The van der Waals surface area contributed by atoms with Crippen LogP contribution in [0.5, 0.6) is 0 Å². The second kappa shape index (κ2) is 6.52. The van der Waals surface area contributed by atoms with E-state index in [-0.39, 0.29) is 17.4 Å². The van der Waals surface area contributed by atoms with Gasteiger partial charge in [0.25, 0.3) is 5.91 Å². The van der Waals surface area contributed by atoms with Crippen LogP contribution in [0.25, 0.3) is 11.0 Å². The molecule has 1 N–H and O–H groups in total. The average Bonchev–Trinajstić information content (AvgIpc) is 2.45. The molecule has 1 aromatic heterocycles. The first-order valence-electron chi connectivity index (χ1n) is 7.00. The van der Waals surface area contributed by atoms with E-state index in [4.69, 9.17) is 0 Å². The Morgan fingerprint density at radius 1 is 1.29 bits per heavy atom. The summed E-state index contributed by atoms with van der Waals surface area (Å²) >= 11 is 3.45. The van der Waals surface area contributed by atoms with Crippen molar-refractivity contribution in [2.24, 2.45) is 5.41 Å². The minimum atomic E-state index is -0.0954. The molecule has 0 fully saturated rings. The van der Waals surface area contributed by atoms with Crippen LogP contribution >= 0.6 is 15.9 Å². The predicted molar refractivity (Wildman–Crippen MR) is 88.7 cm³/mol. The lowest BCUT2D eigenvalue weighted by molar-refractivity contribution is 0.0902. The molecule has 1 aromatic carbocycles. The van der Waals surface area contributed by atoms with Gasteiger partial charge >= 0.3 is 0 Å². The van der Waals surface area contributed by atoms with Crippen molar-refractivity contribution in [1.29, 1.82) is 0 Å². The number of aromatic nitrogens is 2. The summed E-state index contributed by atoms with van der Waals surface area (Å²) in [5.74, 6) is -0.0954. The second-order valence-corrected chi connectivity index (χ2v) is 6.89. The van der Waals surface area contributed by atoms with Gasteiger partial charge in [0.15, 0.2) is 0 Å². The monoisotopic (exact) mass is 349 g/mol. The van der Waals surface area contributed by atoms with E-state index >= 15 is 0 Å². The maximum Gasteiger partial charge on any atom is 0.253 e. The summed E-state index contributed by atoms with van der Waals surface area (Å²) in [5, 5.41) is 3.98. The molecule has 21 heavy (non-hydrogen) atoms. The first-order chi connectivity index (χ1) is 9.93. The van der Waals surface area contributed by atoms with Crippen molar-refractivity contribution in [2.75, 3.05) is 5.33 Å². The minimum Gasteiger partial charge on any atom is -0.349 e. The maximum atomic E-state index is 12.6. The summed E-state index contributed by atoms with van der Waals surface area (Å²) in [6.07, 6.45) is 4.12. The fourth-order valence-corrected chi connectivity index (χ4v) is 2.70.